The molecule has 0 saturated carbocycles. The van der Waals surface area contributed by atoms with Crippen molar-refractivity contribution in [1.29, 1.82) is 0 Å². The van der Waals surface area contributed by atoms with Crippen molar-refractivity contribution in [3.05, 3.63) is 40.8 Å². The Hall–Kier alpha value is -2.61. The zero-order valence-electron chi connectivity index (χ0n) is 16.4. The average molecular weight is 419 g/mol. The maximum atomic E-state index is 13.3. The predicted molar refractivity (Wildman–Crippen MR) is 112 cm³/mol. The van der Waals surface area contributed by atoms with Crippen LogP contribution in [0.3, 0.4) is 0 Å². The van der Waals surface area contributed by atoms with Crippen LogP contribution in [0.4, 0.5) is 26.6 Å². The van der Waals surface area contributed by atoms with Gasteiger partial charge in [0.05, 0.1) is 5.02 Å². The van der Waals surface area contributed by atoms with E-state index in [4.69, 9.17) is 16.6 Å². The van der Waals surface area contributed by atoms with Gasteiger partial charge in [-0.15, -0.1) is 0 Å². The van der Waals surface area contributed by atoms with Crippen LogP contribution in [-0.2, 0) is 0 Å². The van der Waals surface area contributed by atoms with E-state index in [1.54, 1.807) is 4.90 Å². The Kier molecular flexibility index (Phi) is 5.71. The van der Waals surface area contributed by atoms with Gasteiger partial charge in [-0.05, 0) is 38.0 Å². The molecule has 1 aromatic heterocycles. The van der Waals surface area contributed by atoms with Crippen molar-refractivity contribution in [2.24, 2.45) is 0 Å². The SMILES string of the molecule is Cc1cc(N2CCN(C(=O)Nc3ccc(F)c(Cl)c3)CC2)nc(N2CCCC2)n1. The largest absolute Gasteiger partial charge is 0.353 e. The Balaban J connectivity index is 1.37. The van der Waals surface area contributed by atoms with E-state index in [2.05, 4.69) is 20.1 Å². The molecule has 29 heavy (non-hydrogen) atoms. The molecular weight excluding hydrogens is 395 g/mol. The number of carbonyl (C=O) groups is 1. The topological polar surface area (TPSA) is 64.6 Å². The van der Waals surface area contributed by atoms with E-state index >= 15 is 0 Å². The predicted octanol–water partition coefficient (Wildman–Crippen LogP) is 3.53. The van der Waals surface area contributed by atoms with Crippen LogP contribution >= 0.6 is 11.6 Å². The number of benzene rings is 1. The fraction of sp³-hybridized carbons (Fsp3) is 0.450. The zero-order chi connectivity index (χ0) is 20.4. The molecule has 0 radical (unpaired) electrons. The lowest BCUT2D eigenvalue weighted by Gasteiger charge is -2.35. The van der Waals surface area contributed by atoms with Gasteiger partial charge in [-0.3, -0.25) is 0 Å². The Bertz CT molecular complexity index is 897. The summed E-state index contributed by atoms with van der Waals surface area (Å²) in [4.78, 5) is 28.0. The van der Waals surface area contributed by atoms with Crippen molar-refractivity contribution >= 4 is 35.1 Å². The van der Waals surface area contributed by atoms with Gasteiger partial charge in [0, 0.05) is 56.7 Å². The number of nitrogens with one attached hydrogen (secondary N) is 1. The van der Waals surface area contributed by atoms with E-state index in [1.807, 2.05) is 13.0 Å². The first kappa shape index (κ1) is 19.7. The van der Waals surface area contributed by atoms with E-state index in [9.17, 15) is 9.18 Å². The van der Waals surface area contributed by atoms with Crippen LogP contribution in [0.25, 0.3) is 0 Å². The average Bonchev–Trinajstić information content (AvgIpc) is 3.25. The Morgan fingerprint density at radius 1 is 1.03 bits per heavy atom. The van der Waals surface area contributed by atoms with Crippen LogP contribution in [0, 0.1) is 12.7 Å². The summed E-state index contributed by atoms with van der Waals surface area (Å²) in [6, 6.07) is 5.93. The first-order chi connectivity index (χ1) is 14.0. The van der Waals surface area contributed by atoms with Crippen molar-refractivity contribution in [1.82, 2.24) is 14.9 Å². The van der Waals surface area contributed by atoms with Gasteiger partial charge < -0.3 is 20.0 Å². The van der Waals surface area contributed by atoms with E-state index in [1.165, 1.54) is 31.0 Å². The number of aryl methyl sites for hydroxylation is 1. The van der Waals surface area contributed by atoms with Crippen LogP contribution in [-0.4, -0.2) is 60.2 Å². The van der Waals surface area contributed by atoms with Crippen molar-refractivity contribution < 1.29 is 9.18 Å². The lowest BCUT2D eigenvalue weighted by molar-refractivity contribution is 0.208. The molecule has 9 heteroatoms. The lowest BCUT2D eigenvalue weighted by atomic mass is 10.3. The summed E-state index contributed by atoms with van der Waals surface area (Å²) in [7, 11) is 0. The van der Waals surface area contributed by atoms with Crippen LogP contribution < -0.4 is 15.1 Å². The van der Waals surface area contributed by atoms with Gasteiger partial charge in [-0.2, -0.15) is 4.98 Å². The summed E-state index contributed by atoms with van der Waals surface area (Å²) >= 11 is 5.78. The quantitative estimate of drug-likeness (QED) is 0.826. The van der Waals surface area contributed by atoms with Crippen LogP contribution in [0.2, 0.25) is 5.02 Å². The molecule has 3 heterocycles. The minimum Gasteiger partial charge on any atom is -0.353 e. The van der Waals surface area contributed by atoms with Crippen molar-refractivity contribution in [2.45, 2.75) is 19.8 Å². The molecule has 1 aromatic carbocycles. The van der Waals surface area contributed by atoms with Crippen LogP contribution in [0.15, 0.2) is 24.3 Å². The van der Waals surface area contributed by atoms with Gasteiger partial charge in [0.15, 0.2) is 0 Å². The highest BCUT2D eigenvalue weighted by Crippen LogP contribution is 2.23. The molecule has 2 saturated heterocycles. The molecule has 2 aliphatic rings. The number of rotatable bonds is 3. The molecular formula is C20H24ClFN6O. The molecule has 1 N–H and O–H groups in total. The number of halogens is 2. The molecule has 2 fully saturated rings. The highest BCUT2D eigenvalue weighted by atomic mass is 35.5. The number of anilines is 3. The molecule has 0 unspecified atom stereocenters. The summed E-state index contributed by atoms with van der Waals surface area (Å²) in [5.74, 6) is 1.20. The second-order valence-electron chi connectivity index (χ2n) is 7.39. The van der Waals surface area contributed by atoms with Crippen molar-refractivity contribution in [3.8, 4) is 0 Å². The normalized spacial score (nSPS) is 17.0. The molecule has 2 aromatic rings. The fourth-order valence-corrected chi connectivity index (χ4v) is 3.85. The summed E-state index contributed by atoms with van der Waals surface area (Å²) < 4.78 is 13.3. The van der Waals surface area contributed by atoms with E-state index in [0.717, 1.165) is 30.5 Å². The monoisotopic (exact) mass is 418 g/mol. The first-order valence-electron chi connectivity index (χ1n) is 9.86. The third kappa shape index (κ3) is 4.53. The molecule has 2 aliphatic heterocycles. The van der Waals surface area contributed by atoms with E-state index in [-0.39, 0.29) is 11.1 Å². The standard InChI is InChI=1S/C20H24ClFN6O/c1-14-12-18(25-19(23-14)27-6-2-3-7-27)26-8-10-28(11-9-26)20(29)24-15-4-5-17(22)16(21)13-15/h4-5,12-13H,2-3,6-11H2,1H3,(H,24,29). The summed E-state index contributed by atoms with van der Waals surface area (Å²) in [5.41, 5.74) is 1.43. The second-order valence-corrected chi connectivity index (χ2v) is 7.80. The molecule has 154 valence electrons. The minimum absolute atomic E-state index is 0.0134. The molecule has 0 atom stereocenters. The molecule has 0 aliphatic carbocycles. The molecule has 2 amide bonds. The number of hydrogen-bond acceptors (Lipinski definition) is 5. The van der Waals surface area contributed by atoms with E-state index in [0.29, 0.717) is 31.9 Å². The number of nitrogens with zero attached hydrogens (tertiary/aromatic N) is 5. The minimum atomic E-state index is -0.508. The molecule has 0 bridgehead atoms. The molecule has 4 rings (SSSR count). The van der Waals surface area contributed by atoms with E-state index < -0.39 is 5.82 Å². The number of piperazine rings is 1. The third-order valence-corrected chi connectivity index (χ3v) is 5.57. The fourth-order valence-electron chi connectivity index (χ4n) is 3.67. The molecule has 0 spiro atoms. The summed E-state index contributed by atoms with van der Waals surface area (Å²) in [6.45, 7) is 6.52. The first-order valence-corrected chi connectivity index (χ1v) is 10.2. The lowest BCUT2D eigenvalue weighted by Crippen LogP contribution is -2.50. The Morgan fingerprint density at radius 3 is 2.45 bits per heavy atom. The number of urea groups is 1. The highest BCUT2D eigenvalue weighted by Gasteiger charge is 2.24. The number of carbonyl (C=O) groups excluding carboxylic acids is 1. The van der Waals surface area contributed by atoms with Gasteiger partial charge in [0.1, 0.15) is 11.6 Å². The maximum absolute atomic E-state index is 13.3. The number of amides is 2. The van der Waals surface area contributed by atoms with Gasteiger partial charge in [-0.1, -0.05) is 11.6 Å². The zero-order valence-corrected chi connectivity index (χ0v) is 17.1. The number of aromatic nitrogens is 2. The highest BCUT2D eigenvalue weighted by molar-refractivity contribution is 6.31. The molecule has 7 nitrogen and oxygen atoms in total. The second kappa shape index (κ2) is 8.41. The van der Waals surface area contributed by atoms with Gasteiger partial charge in [0.2, 0.25) is 5.95 Å². The summed E-state index contributed by atoms with van der Waals surface area (Å²) in [5, 5.41) is 2.76. The number of hydrogen-bond donors (Lipinski definition) is 1. The van der Waals surface area contributed by atoms with Crippen molar-refractivity contribution in [2.75, 3.05) is 54.4 Å². The summed E-state index contributed by atoms with van der Waals surface area (Å²) in [6.07, 6.45) is 2.36. The van der Waals surface area contributed by atoms with Gasteiger partial charge >= 0.3 is 6.03 Å². The van der Waals surface area contributed by atoms with Crippen LogP contribution in [0.5, 0.6) is 0 Å². The Morgan fingerprint density at radius 2 is 1.76 bits per heavy atom. The van der Waals surface area contributed by atoms with Gasteiger partial charge in [-0.25, -0.2) is 14.2 Å². The van der Waals surface area contributed by atoms with Crippen molar-refractivity contribution in [3.63, 3.8) is 0 Å². The Labute approximate surface area is 174 Å². The third-order valence-electron chi connectivity index (χ3n) is 5.28. The maximum Gasteiger partial charge on any atom is 0.321 e. The smallest absolute Gasteiger partial charge is 0.321 e. The van der Waals surface area contributed by atoms with Gasteiger partial charge in [0.25, 0.3) is 0 Å². The van der Waals surface area contributed by atoms with Crippen LogP contribution in [0.1, 0.15) is 18.5 Å².